The average Bonchev–Trinajstić information content (AvgIpc) is 3.55. The molecule has 0 unspecified atom stereocenters. The number of rotatable bonds is 7. The molecule has 1 aromatic heterocycles. The Balaban J connectivity index is 1.41. The number of aryl methyl sites for hydroxylation is 1. The number of carbonyl (C=O) groups excluding carboxylic acids is 2. The first-order chi connectivity index (χ1) is 17.7. The minimum Gasteiger partial charge on any atom is -0.344 e. The van der Waals surface area contributed by atoms with Gasteiger partial charge in [-0.15, -0.1) is 0 Å². The van der Waals surface area contributed by atoms with E-state index < -0.39 is 11.6 Å². The highest BCUT2D eigenvalue weighted by Gasteiger charge is 2.36. The molecular formula is C27H31N8O2+. The van der Waals surface area contributed by atoms with Crippen molar-refractivity contribution in [3.05, 3.63) is 84.2 Å². The predicted octanol–water partition coefficient (Wildman–Crippen LogP) is 2.97. The number of benzene rings is 2. The lowest BCUT2D eigenvalue weighted by Gasteiger charge is -2.28. The van der Waals surface area contributed by atoms with Gasteiger partial charge in [0.15, 0.2) is 0 Å². The summed E-state index contributed by atoms with van der Waals surface area (Å²) in [5.41, 5.74) is 9.22. The number of nitrogens with one attached hydrogen (secondary N) is 2. The van der Waals surface area contributed by atoms with Gasteiger partial charge in [0.25, 0.3) is 0 Å². The second-order valence-electron chi connectivity index (χ2n) is 10.2. The summed E-state index contributed by atoms with van der Waals surface area (Å²) in [5.74, 6) is 0.162. The van der Waals surface area contributed by atoms with Crippen LogP contribution >= 0.6 is 0 Å². The normalized spacial score (nSPS) is 18.5. The summed E-state index contributed by atoms with van der Waals surface area (Å²) in [5, 5.41) is 17.5. The number of carbonyl (C=O) groups is 2. The van der Waals surface area contributed by atoms with Crippen molar-refractivity contribution in [1.82, 2.24) is 30.4 Å². The molecule has 0 saturated carbocycles. The molecule has 2 aliphatic heterocycles. The quantitative estimate of drug-likeness (QED) is 0.429. The summed E-state index contributed by atoms with van der Waals surface area (Å²) in [4.78, 5) is 28.1. The highest BCUT2D eigenvalue weighted by Crippen LogP contribution is 2.36. The Hall–Kier alpha value is -4.15. The zero-order valence-electron chi connectivity index (χ0n) is 21.0. The first-order valence-corrected chi connectivity index (χ1v) is 12.3. The maximum atomic E-state index is 13.7. The molecule has 3 aromatic rings. The number of anilines is 1. The van der Waals surface area contributed by atoms with Crippen LogP contribution in [0.15, 0.2) is 73.1 Å². The minimum absolute atomic E-state index is 0.127. The lowest BCUT2D eigenvalue weighted by atomic mass is 10.0. The van der Waals surface area contributed by atoms with Gasteiger partial charge in [0, 0.05) is 29.8 Å². The Morgan fingerprint density at radius 2 is 1.89 bits per heavy atom. The van der Waals surface area contributed by atoms with Crippen LogP contribution in [0.2, 0.25) is 0 Å². The van der Waals surface area contributed by atoms with E-state index in [4.69, 9.17) is 5.73 Å². The largest absolute Gasteiger partial charge is 0.382 e. The van der Waals surface area contributed by atoms with Crippen LogP contribution in [0.5, 0.6) is 0 Å². The van der Waals surface area contributed by atoms with Crippen LogP contribution in [0.3, 0.4) is 0 Å². The number of hydrogen-bond donors (Lipinski definition) is 3. The van der Waals surface area contributed by atoms with E-state index in [-0.39, 0.29) is 22.7 Å². The van der Waals surface area contributed by atoms with Crippen LogP contribution in [-0.2, 0) is 22.6 Å². The molecule has 2 amide bonds. The van der Waals surface area contributed by atoms with Gasteiger partial charge in [-0.1, -0.05) is 40.5 Å². The Bertz CT molecular complexity index is 1330. The Morgan fingerprint density at radius 3 is 2.57 bits per heavy atom. The molecule has 0 fully saturated rings. The van der Waals surface area contributed by atoms with Crippen molar-refractivity contribution in [1.29, 1.82) is 0 Å². The molecule has 0 saturated heterocycles. The number of aromatic amines is 1. The fourth-order valence-electron chi connectivity index (χ4n) is 4.86. The standard InChI is InChI=1S/C27H30N8O2/c1-27(2,28)17-24(36)29-22-14-11-20-7-3-4-8-23(20)34(25(22)37)18-19-9-12-21(13-10-19)35(15-5-6-16-35)26-30-32-33-31-26/h3-10,12-13,15-16,22H,11,14,17-18,28H2,1-2H3,(H-,29,30,31,32,33,36)/p+1/t22-/m1/s1. The molecule has 3 heterocycles. The van der Waals surface area contributed by atoms with Crippen molar-refractivity contribution in [2.75, 3.05) is 4.90 Å². The maximum absolute atomic E-state index is 13.7. The summed E-state index contributed by atoms with van der Waals surface area (Å²) in [7, 11) is 0. The minimum atomic E-state index is -0.649. The molecular weight excluding hydrogens is 468 g/mol. The van der Waals surface area contributed by atoms with Gasteiger partial charge in [0.05, 0.1) is 6.54 Å². The summed E-state index contributed by atoms with van der Waals surface area (Å²) in [6.45, 7) is 3.97. The number of allylic oxidation sites excluding steroid dienone is 2. The van der Waals surface area contributed by atoms with Crippen molar-refractivity contribution >= 4 is 29.1 Å². The number of H-pyrrole nitrogens is 1. The SMILES string of the molecule is CC(C)(N)CC(=O)N[C@@H]1CCc2ccccc2N(Cc2ccc([N+]3(c4nn[nH]n4)C=CC=C3)cc2)C1=O. The van der Waals surface area contributed by atoms with Crippen molar-refractivity contribution in [3.63, 3.8) is 0 Å². The summed E-state index contributed by atoms with van der Waals surface area (Å²) in [6, 6.07) is 15.3. The van der Waals surface area contributed by atoms with E-state index in [9.17, 15) is 9.59 Å². The van der Waals surface area contributed by atoms with Crippen molar-refractivity contribution in [2.24, 2.45) is 5.73 Å². The lowest BCUT2D eigenvalue weighted by Crippen LogP contribution is -2.49. The molecule has 10 nitrogen and oxygen atoms in total. The molecule has 0 radical (unpaired) electrons. The van der Waals surface area contributed by atoms with Crippen LogP contribution in [-0.4, -0.2) is 44.0 Å². The molecule has 37 heavy (non-hydrogen) atoms. The van der Waals surface area contributed by atoms with E-state index in [0.717, 1.165) is 22.5 Å². The van der Waals surface area contributed by atoms with Gasteiger partial charge in [0.2, 0.25) is 11.8 Å². The van der Waals surface area contributed by atoms with E-state index in [2.05, 4.69) is 25.9 Å². The predicted molar refractivity (Wildman–Crippen MR) is 141 cm³/mol. The molecule has 0 aliphatic carbocycles. The number of para-hydroxylation sites is 1. The number of quaternary nitrogens is 1. The van der Waals surface area contributed by atoms with Gasteiger partial charge in [-0.05, 0) is 61.2 Å². The zero-order valence-corrected chi connectivity index (χ0v) is 21.0. The van der Waals surface area contributed by atoms with E-state index in [0.29, 0.717) is 25.3 Å². The van der Waals surface area contributed by atoms with Gasteiger partial charge in [-0.3, -0.25) is 9.59 Å². The highest BCUT2D eigenvalue weighted by atomic mass is 16.2. The average molecular weight is 500 g/mol. The number of amides is 2. The molecule has 5 rings (SSSR count). The van der Waals surface area contributed by atoms with Crippen LogP contribution < -0.4 is 20.4 Å². The first kappa shape index (κ1) is 24.5. The second kappa shape index (κ2) is 9.72. The number of hydrogen-bond acceptors (Lipinski definition) is 6. The van der Waals surface area contributed by atoms with Gasteiger partial charge >= 0.3 is 5.95 Å². The van der Waals surface area contributed by atoms with Crippen LogP contribution in [0.1, 0.15) is 37.8 Å². The Morgan fingerprint density at radius 1 is 1.16 bits per heavy atom. The zero-order chi connectivity index (χ0) is 26.0. The Kier molecular flexibility index (Phi) is 6.45. The van der Waals surface area contributed by atoms with E-state index in [1.807, 2.05) is 73.1 Å². The molecule has 0 bridgehead atoms. The molecule has 190 valence electrons. The van der Waals surface area contributed by atoms with Crippen molar-refractivity contribution in [3.8, 4) is 0 Å². The first-order valence-electron chi connectivity index (χ1n) is 12.3. The van der Waals surface area contributed by atoms with E-state index in [1.165, 1.54) is 0 Å². The Labute approximate surface area is 215 Å². The van der Waals surface area contributed by atoms with E-state index in [1.54, 1.807) is 18.7 Å². The van der Waals surface area contributed by atoms with E-state index >= 15 is 0 Å². The van der Waals surface area contributed by atoms with Gasteiger partial charge < -0.3 is 16.0 Å². The summed E-state index contributed by atoms with van der Waals surface area (Å²) in [6.07, 6.45) is 9.21. The maximum Gasteiger partial charge on any atom is 0.382 e. The van der Waals surface area contributed by atoms with Crippen LogP contribution in [0.25, 0.3) is 0 Å². The topological polar surface area (TPSA) is 130 Å². The molecule has 10 heteroatoms. The summed E-state index contributed by atoms with van der Waals surface area (Å²) < 4.78 is 0.216. The van der Waals surface area contributed by atoms with Gasteiger partial charge in [0.1, 0.15) is 24.1 Å². The number of aromatic nitrogens is 4. The lowest BCUT2D eigenvalue weighted by molar-refractivity contribution is -0.128. The monoisotopic (exact) mass is 499 g/mol. The molecule has 0 spiro atoms. The van der Waals surface area contributed by atoms with Crippen LogP contribution in [0, 0.1) is 0 Å². The fourth-order valence-corrected chi connectivity index (χ4v) is 4.86. The third-order valence-corrected chi connectivity index (χ3v) is 6.62. The number of nitrogens with two attached hydrogens (primary N) is 1. The molecule has 4 N–H and O–H groups in total. The second-order valence-corrected chi connectivity index (χ2v) is 10.2. The van der Waals surface area contributed by atoms with Crippen molar-refractivity contribution < 1.29 is 9.59 Å². The number of nitrogens with zero attached hydrogens (tertiary/aromatic N) is 5. The molecule has 2 aromatic carbocycles. The molecule has 2 aliphatic rings. The van der Waals surface area contributed by atoms with Crippen molar-refractivity contribution in [2.45, 2.75) is 51.2 Å². The highest BCUT2D eigenvalue weighted by molar-refractivity contribution is 6.00. The number of tetrazole rings is 1. The van der Waals surface area contributed by atoms with Gasteiger partial charge in [-0.25, -0.2) is 0 Å². The molecule has 1 atom stereocenters. The van der Waals surface area contributed by atoms with Crippen LogP contribution in [0.4, 0.5) is 17.3 Å². The smallest absolute Gasteiger partial charge is 0.344 e. The third kappa shape index (κ3) is 5.07. The van der Waals surface area contributed by atoms with Gasteiger partial charge in [-0.2, -0.15) is 9.70 Å². The fraction of sp³-hybridized carbons (Fsp3) is 0.296. The third-order valence-electron chi connectivity index (χ3n) is 6.62. The number of fused-ring (bicyclic) bond motifs is 1. The summed E-state index contributed by atoms with van der Waals surface area (Å²) >= 11 is 0.